The van der Waals surface area contributed by atoms with Crippen LogP contribution in [-0.2, 0) is 5.60 Å². The van der Waals surface area contributed by atoms with Crippen molar-refractivity contribution in [1.82, 2.24) is 0 Å². The van der Waals surface area contributed by atoms with Crippen molar-refractivity contribution in [2.45, 2.75) is 24.6 Å². The zero-order valence-corrected chi connectivity index (χ0v) is 12.4. The smallest absolute Gasteiger partial charge is 0.371 e. The fourth-order valence-electron chi connectivity index (χ4n) is 2.25. The molecule has 24 heavy (non-hydrogen) atoms. The fraction of sp³-hybridized carbons (Fsp3) is 0.235. The Hall–Kier alpha value is -2.28. The Labute approximate surface area is 134 Å². The number of Topliss-reactive ketones (excluding diaryl/α,β-unsaturated/α-hetero) is 1. The summed E-state index contributed by atoms with van der Waals surface area (Å²) in [6, 6.07) is 9.58. The molecule has 2 rings (SSSR count). The van der Waals surface area contributed by atoms with Crippen LogP contribution in [0.4, 0.5) is 22.0 Å². The summed E-state index contributed by atoms with van der Waals surface area (Å²) < 4.78 is 69.2. The molecule has 2 aromatic rings. The lowest BCUT2D eigenvalue weighted by Crippen LogP contribution is -2.59. The van der Waals surface area contributed by atoms with Crippen LogP contribution in [0, 0.1) is 6.92 Å². The lowest BCUT2D eigenvalue weighted by atomic mass is 9.82. The van der Waals surface area contributed by atoms with Crippen molar-refractivity contribution in [1.29, 1.82) is 0 Å². The highest BCUT2D eigenvalue weighted by atomic mass is 19.4. The topological polar surface area (TPSA) is 37.3 Å². The van der Waals surface area contributed by atoms with E-state index in [4.69, 9.17) is 0 Å². The predicted molar refractivity (Wildman–Crippen MR) is 76.9 cm³/mol. The van der Waals surface area contributed by atoms with Crippen molar-refractivity contribution < 1.29 is 31.9 Å². The van der Waals surface area contributed by atoms with Crippen LogP contribution in [-0.4, -0.2) is 23.0 Å². The minimum absolute atomic E-state index is 0.515. The lowest BCUT2D eigenvalue weighted by molar-refractivity contribution is -0.324. The third-order valence-corrected chi connectivity index (χ3v) is 3.66. The average Bonchev–Trinajstić information content (AvgIpc) is 2.53. The van der Waals surface area contributed by atoms with Crippen LogP contribution in [0.15, 0.2) is 54.6 Å². The number of rotatable bonds is 4. The van der Waals surface area contributed by atoms with Gasteiger partial charge in [0, 0.05) is 5.56 Å². The minimum Gasteiger partial charge on any atom is -0.371 e. The van der Waals surface area contributed by atoms with Gasteiger partial charge in [-0.05, 0) is 12.5 Å². The summed E-state index contributed by atoms with van der Waals surface area (Å²) in [6.07, 6.45) is -5.77. The predicted octanol–water partition coefficient (Wildman–Crippen LogP) is 4.26. The number of hydrogen-bond acceptors (Lipinski definition) is 2. The first kappa shape index (κ1) is 18.1. The van der Waals surface area contributed by atoms with Crippen molar-refractivity contribution in [3.8, 4) is 0 Å². The van der Waals surface area contributed by atoms with Gasteiger partial charge < -0.3 is 5.11 Å². The molecule has 0 fully saturated rings. The molecule has 2 aromatic carbocycles. The van der Waals surface area contributed by atoms with Crippen LogP contribution >= 0.6 is 0 Å². The molecular formula is C17H13F5O2. The Morgan fingerprint density at radius 1 is 0.875 bits per heavy atom. The maximum atomic E-state index is 14.5. The highest BCUT2D eigenvalue weighted by molar-refractivity contribution is 6.02. The van der Waals surface area contributed by atoms with Gasteiger partial charge in [-0.25, -0.2) is 0 Å². The van der Waals surface area contributed by atoms with Gasteiger partial charge in [-0.15, -0.1) is 0 Å². The van der Waals surface area contributed by atoms with E-state index in [2.05, 4.69) is 0 Å². The van der Waals surface area contributed by atoms with E-state index in [-0.39, 0.29) is 0 Å². The first-order valence-electron chi connectivity index (χ1n) is 6.85. The number of ketones is 1. The molecule has 2 nitrogen and oxygen atoms in total. The summed E-state index contributed by atoms with van der Waals surface area (Å²) in [7, 11) is 0. The normalized spacial score (nSPS) is 15.0. The molecule has 128 valence electrons. The average molecular weight is 344 g/mol. The van der Waals surface area contributed by atoms with Crippen LogP contribution in [0.5, 0.6) is 0 Å². The van der Waals surface area contributed by atoms with E-state index in [1.54, 1.807) is 6.92 Å². The Morgan fingerprint density at radius 3 is 1.83 bits per heavy atom. The molecule has 0 aliphatic heterocycles. The number of alkyl halides is 5. The van der Waals surface area contributed by atoms with Gasteiger partial charge in [0.2, 0.25) is 5.78 Å². The molecule has 7 heteroatoms. The van der Waals surface area contributed by atoms with Crippen LogP contribution in [0.3, 0.4) is 0 Å². The number of carbonyl (C=O) groups is 1. The number of carbonyl (C=O) groups excluding carboxylic acids is 1. The molecule has 0 aliphatic rings. The van der Waals surface area contributed by atoms with E-state index in [0.717, 1.165) is 36.4 Å². The van der Waals surface area contributed by atoms with Crippen LogP contribution in [0.25, 0.3) is 0 Å². The molecule has 0 radical (unpaired) electrons. The Bertz CT molecular complexity index is 723. The largest absolute Gasteiger partial charge is 0.428 e. The van der Waals surface area contributed by atoms with E-state index < -0.39 is 34.6 Å². The van der Waals surface area contributed by atoms with Gasteiger partial charge in [-0.1, -0.05) is 60.2 Å². The molecule has 0 bridgehead atoms. The zero-order valence-electron chi connectivity index (χ0n) is 12.4. The molecule has 0 amide bonds. The van der Waals surface area contributed by atoms with Gasteiger partial charge in [0.25, 0.3) is 5.60 Å². The van der Waals surface area contributed by atoms with E-state index in [0.29, 0.717) is 5.56 Å². The van der Waals surface area contributed by atoms with E-state index in [1.165, 1.54) is 18.2 Å². The van der Waals surface area contributed by atoms with E-state index in [1.807, 2.05) is 0 Å². The number of benzene rings is 2. The second-order valence-electron chi connectivity index (χ2n) is 5.34. The highest BCUT2D eigenvalue weighted by Crippen LogP contribution is 2.50. The van der Waals surface area contributed by atoms with Gasteiger partial charge in [0.1, 0.15) is 0 Å². The molecule has 1 unspecified atom stereocenters. The second kappa shape index (κ2) is 5.98. The quantitative estimate of drug-likeness (QED) is 0.665. The number of aliphatic hydroxyl groups is 1. The maximum Gasteiger partial charge on any atom is 0.428 e. The number of hydrogen-bond donors (Lipinski definition) is 1. The standard InChI is InChI=1S/C17H13F5O2/c1-11-7-9-13(10-8-11)15(24,17(20,21)22)16(18,19)14(23)12-5-3-2-4-6-12/h2-10,24H,1H3. The molecular weight excluding hydrogens is 331 g/mol. The lowest BCUT2D eigenvalue weighted by Gasteiger charge is -2.36. The molecule has 0 spiro atoms. The summed E-state index contributed by atoms with van der Waals surface area (Å²) in [4.78, 5) is 12.0. The molecule has 0 aliphatic carbocycles. The fourth-order valence-corrected chi connectivity index (χ4v) is 2.25. The van der Waals surface area contributed by atoms with E-state index >= 15 is 0 Å². The summed E-state index contributed by atoms with van der Waals surface area (Å²) in [5.41, 5.74) is -5.85. The molecule has 0 aromatic heterocycles. The maximum absolute atomic E-state index is 14.5. The molecule has 1 N–H and O–H groups in total. The summed E-state index contributed by atoms with van der Waals surface area (Å²) in [6.45, 7) is 1.55. The van der Waals surface area contributed by atoms with Crippen molar-refractivity contribution >= 4 is 5.78 Å². The Kier molecular flexibility index (Phi) is 4.50. The highest BCUT2D eigenvalue weighted by Gasteiger charge is 2.73. The van der Waals surface area contributed by atoms with Crippen molar-refractivity contribution in [3.05, 3.63) is 71.3 Å². The molecule has 0 heterocycles. The van der Waals surface area contributed by atoms with Gasteiger partial charge in [-0.3, -0.25) is 4.79 Å². The van der Waals surface area contributed by atoms with Crippen molar-refractivity contribution in [2.24, 2.45) is 0 Å². The Morgan fingerprint density at radius 2 is 1.38 bits per heavy atom. The van der Waals surface area contributed by atoms with E-state index in [9.17, 15) is 31.9 Å². The molecule has 0 saturated heterocycles. The van der Waals surface area contributed by atoms with Crippen molar-refractivity contribution in [3.63, 3.8) is 0 Å². The first-order valence-corrected chi connectivity index (χ1v) is 6.85. The van der Waals surface area contributed by atoms with Gasteiger partial charge in [0.05, 0.1) is 0 Å². The molecule has 0 saturated carbocycles. The Balaban J connectivity index is 2.63. The minimum atomic E-state index is -5.77. The van der Waals surface area contributed by atoms with Gasteiger partial charge in [-0.2, -0.15) is 22.0 Å². The summed E-state index contributed by atoms with van der Waals surface area (Å²) in [5.74, 6) is -7.22. The van der Waals surface area contributed by atoms with Gasteiger partial charge >= 0.3 is 12.1 Å². The number of aryl methyl sites for hydroxylation is 1. The van der Waals surface area contributed by atoms with Crippen molar-refractivity contribution in [2.75, 3.05) is 0 Å². The van der Waals surface area contributed by atoms with Crippen LogP contribution in [0.2, 0.25) is 0 Å². The zero-order chi connectivity index (χ0) is 18.2. The first-order chi connectivity index (χ1) is 11.0. The van der Waals surface area contributed by atoms with Gasteiger partial charge in [0.15, 0.2) is 0 Å². The summed E-state index contributed by atoms with van der Waals surface area (Å²) >= 11 is 0. The van der Waals surface area contributed by atoms with Crippen LogP contribution in [0.1, 0.15) is 21.5 Å². The summed E-state index contributed by atoms with van der Waals surface area (Å²) in [5, 5.41) is 9.97. The number of halogens is 5. The third kappa shape index (κ3) is 2.80. The second-order valence-corrected chi connectivity index (χ2v) is 5.34. The molecule has 1 atom stereocenters. The third-order valence-electron chi connectivity index (χ3n) is 3.66. The SMILES string of the molecule is Cc1ccc(C(O)(C(F)(F)F)C(F)(F)C(=O)c2ccccc2)cc1. The van der Waals surface area contributed by atoms with Crippen LogP contribution < -0.4 is 0 Å². The monoisotopic (exact) mass is 344 g/mol.